The van der Waals surface area contributed by atoms with E-state index in [4.69, 9.17) is 5.11 Å². The van der Waals surface area contributed by atoms with Crippen LogP contribution in [0.4, 0.5) is 0 Å². The summed E-state index contributed by atoms with van der Waals surface area (Å²) in [7, 11) is 0. The normalized spacial score (nSPS) is 30.8. The molecule has 0 radical (unpaired) electrons. The number of hydrogen-bond donors (Lipinski definition) is 1. The number of aliphatic carboxylic acids is 1. The van der Waals surface area contributed by atoms with Crippen LogP contribution < -0.4 is 0 Å². The lowest BCUT2D eigenvalue weighted by Gasteiger charge is -2.26. The summed E-state index contributed by atoms with van der Waals surface area (Å²) in [6, 6.07) is 0. The molecular weight excluding hydrogens is 206 g/mol. The quantitative estimate of drug-likeness (QED) is 0.778. The minimum absolute atomic E-state index is 0.382. The fraction of sp³-hybridized carbons (Fsp3) is 0.833. The molecule has 4 nitrogen and oxygen atoms in total. The summed E-state index contributed by atoms with van der Waals surface area (Å²) >= 11 is 0. The van der Waals surface area contributed by atoms with Gasteiger partial charge in [-0.3, -0.25) is 9.59 Å². The second-order valence-corrected chi connectivity index (χ2v) is 5.85. The van der Waals surface area contributed by atoms with E-state index in [9.17, 15) is 9.59 Å². The molecular formula is C12H19NO3. The third-order valence-corrected chi connectivity index (χ3v) is 3.83. The third kappa shape index (κ3) is 2.12. The molecule has 0 unspecified atom stereocenters. The van der Waals surface area contributed by atoms with Crippen molar-refractivity contribution in [3.63, 3.8) is 0 Å². The SMILES string of the molecule is CC(C)(CN1C[C@H]2CC(=O)C[C@H]2C1)C(=O)O. The van der Waals surface area contributed by atoms with Gasteiger partial charge in [0.1, 0.15) is 5.78 Å². The monoisotopic (exact) mass is 225 g/mol. The number of ketones is 1. The van der Waals surface area contributed by atoms with Crippen molar-refractivity contribution in [3.8, 4) is 0 Å². The number of carboxylic acids is 1. The van der Waals surface area contributed by atoms with E-state index < -0.39 is 11.4 Å². The molecule has 16 heavy (non-hydrogen) atoms. The maximum Gasteiger partial charge on any atom is 0.310 e. The zero-order chi connectivity index (χ0) is 11.9. The molecule has 0 amide bonds. The van der Waals surface area contributed by atoms with Crippen LogP contribution in [0.15, 0.2) is 0 Å². The first-order valence-electron chi connectivity index (χ1n) is 5.86. The minimum atomic E-state index is -0.749. The van der Waals surface area contributed by atoms with E-state index in [2.05, 4.69) is 4.90 Å². The van der Waals surface area contributed by atoms with Crippen molar-refractivity contribution in [2.24, 2.45) is 17.3 Å². The Hall–Kier alpha value is -0.900. The molecule has 0 aromatic heterocycles. The van der Waals surface area contributed by atoms with Gasteiger partial charge in [0, 0.05) is 32.5 Å². The van der Waals surface area contributed by atoms with Gasteiger partial charge in [0.25, 0.3) is 0 Å². The fourth-order valence-corrected chi connectivity index (χ4v) is 2.92. The Labute approximate surface area is 95.6 Å². The Kier molecular flexibility index (Phi) is 2.78. The molecule has 1 saturated carbocycles. The van der Waals surface area contributed by atoms with Crippen molar-refractivity contribution in [1.29, 1.82) is 0 Å². The number of Topliss-reactive ketones (excluding diaryl/α,β-unsaturated/α-hetero) is 1. The van der Waals surface area contributed by atoms with E-state index in [-0.39, 0.29) is 0 Å². The number of rotatable bonds is 3. The van der Waals surface area contributed by atoms with E-state index in [1.165, 1.54) is 0 Å². The van der Waals surface area contributed by atoms with Gasteiger partial charge in [-0.25, -0.2) is 0 Å². The van der Waals surface area contributed by atoms with Gasteiger partial charge < -0.3 is 10.0 Å². The maximum absolute atomic E-state index is 11.2. The number of nitrogens with zero attached hydrogens (tertiary/aromatic N) is 1. The lowest BCUT2D eigenvalue weighted by atomic mass is 9.93. The molecule has 1 aliphatic carbocycles. The number of fused-ring (bicyclic) bond motifs is 1. The van der Waals surface area contributed by atoms with Crippen molar-refractivity contribution < 1.29 is 14.7 Å². The summed E-state index contributed by atoms with van der Waals surface area (Å²) in [5, 5.41) is 9.07. The van der Waals surface area contributed by atoms with Gasteiger partial charge >= 0.3 is 5.97 Å². The highest BCUT2D eigenvalue weighted by Gasteiger charge is 2.42. The van der Waals surface area contributed by atoms with Crippen molar-refractivity contribution in [1.82, 2.24) is 4.90 Å². The average molecular weight is 225 g/mol. The van der Waals surface area contributed by atoms with Gasteiger partial charge in [0.05, 0.1) is 5.41 Å². The van der Waals surface area contributed by atoms with E-state index in [0.29, 0.717) is 37.0 Å². The van der Waals surface area contributed by atoms with Gasteiger partial charge in [-0.05, 0) is 25.7 Å². The third-order valence-electron chi connectivity index (χ3n) is 3.83. The molecule has 2 aliphatic rings. The highest BCUT2D eigenvalue weighted by molar-refractivity contribution is 5.81. The summed E-state index contributed by atoms with van der Waals surface area (Å²) < 4.78 is 0. The summed E-state index contributed by atoms with van der Waals surface area (Å²) in [6.07, 6.45) is 1.41. The molecule has 2 rings (SSSR count). The standard InChI is InChI=1S/C12H19NO3/c1-12(2,11(15)16)7-13-5-8-3-10(14)4-9(8)6-13/h8-9H,3-7H2,1-2H3,(H,15,16)/t8-,9+. The number of carbonyl (C=O) groups excluding carboxylic acids is 1. The molecule has 2 fully saturated rings. The first-order chi connectivity index (χ1) is 7.38. The largest absolute Gasteiger partial charge is 0.481 e. The maximum atomic E-state index is 11.2. The zero-order valence-corrected chi connectivity index (χ0v) is 9.90. The van der Waals surface area contributed by atoms with E-state index in [1.807, 2.05) is 0 Å². The van der Waals surface area contributed by atoms with E-state index >= 15 is 0 Å². The van der Waals surface area contributed by atoms with Crippen molar-refractivity contribution in [3.05, 3.63) is 0 Å². The molecule has 1 saturated heterocycles. The summed E-state index contributed by atoms with van der Waals surface area (Å²) in [5.74, 6) is 0.599. The van der Waals surface area contributed by atoms with Crippen LogP contribution in [-0.4, -0.2) is 41.4 Å². The molecule has 0 aromatic rings. The topological polar surface area (TPSA) is 57.6 Å². The van der Waals surface area contributed by atoms with Crippen molar-refractivity contribution >= 4 is 11.8 Å². The van der Waals surface area contributed by atoms with Crippen molar-refractivity contribution in [2.75, 3.05) is 19.6 Å². The highest BCUT2D eigenvalue weighted by Crippen LogP contribution is 2.36. The highest BCUT2D eigenvalue weighted by atomic mass is 16.4. The molecule has 0 spiro atoms. The second kappa shape index (κ2) is 3.84. The Bertz CT molecular complexity index is 308. The van der Waals surface area contributed by atoms with E-state index in [1.54, 1.807) is 13.8 Å². The number of carbonyl (C=O) groups is 2. The first kappa shape index (κ1) is 11.6. The van der Waals surface area contributed by atoms with Gasteiger partial charge in [0.15, 0.2) is 0 Å². The molecule has 4 heteroatoms. The van der Waals surface area contributed by atoms with Gasteiger partial charge in [-0.2, -0.15) is 0 Å². The van der Waals surface area contributed by atoms with Gasteiger partial charge in [0.2, 0.25) is 0 Å². The first-order valence-corrected chi connectivity index (χ1v) is 5.86. The predicted octanol–water partition coefficient (Wildman–Crippen LogP) is 1.01. The van der Waals surface area contributed by atoms with Crippen LogP contribution in [-0.2, 0) is 9.59 Å². The lowest BCUT2D eigenvalue weighted by Crippen LogP contribution is -2.38. The van der Waals surface area contributed by atoms with Crippen LogP contribution >= 0.6 is 0 Å². The Morgan fingerprint density at radius 3 is 2.31 bits per heavy atom. The number of hydrogen-bond acceptors (Lipinski definition) is 3. The predicted molar refractivity (Wildman–Crippen MR) is 59.1 cm³/mol. The van der Waals surface area contributed by atoms with Crippen LogP contribution in [0.2, 0.25) is 0 Å². The molecule has 2 atom stereocenters. The number of carboxylic acid groups (broad SMARTS) is 1. The smallest absolute Gasteiger partial charge is 0.310 e. The van der Waals surface area contributed by atoms with Crippen molar-refractivity contribution in [2.45, 2.75) is 26.7 Å². The van der Waals surface area contributed by atoms with E-state index in [0.717, 1.165) is 13.1 Å². The molecule has 1 N–H and O–H groups in total. The second-order valence-electron chi connectivity index (χ2n) is 5.85. The molecule has 0 bridgehead atoms. The van der Waals surface area contributed by atoms with Crippen LogP contribution in [0, 0.1) is 17.3 Å². The fourth-order valence-electron chi connectivity index (χ4n) is 2.92. The van der Waals surface area contributed by atoms with Gasteiger partial charge in [-0.15, -0.1) is 0 Å². The molecule has 1 aliphatic heterocycles. The van der Waals surface area contributed by atoms with Crippen LogP contribution in [0.1, 0.15) is 26.7 Å². The lowest BCUT2D eigenvalue weighted by molar-refractivity contribution is -0.147. The molecule has 0 aromatic carbocycles. The number of likely N-dealkylation sites (tertiary alicyclic amines) is 1. The minimum Gasteiger partial charge on any atom is -0.481 e. The van der Waals surface area contributed by atoms with Crippen LogP contribution in [0.25, 0.3) is 0 Å². The Morgan fingerprint density at radius 1 is 1.38 bits per heavy atom. The zero-order valence-electron chi connectivity index (χ0n) is 9.90. The summed E-state index contributed by atoms with van der Waals surface area (Å²) in [6.45, 7) is 5.90. The average Bonchev–Trinajstić information content (AvgIpc) is 2.59. The van der Waals surface area contributed by atoms with Gasteiger partial charge in [-0.1, -0.05) is 0 Å². The van der Waals surface area contributed by atoms with Crippen LogP contribution in [0.5, 0.6) is 0 Å². The molecule has 1 heterocycles. The Morgan fingerprint density at radius 2 is 1.88 bits per heavy atom. The Balaban J connectivity index is 1.91. The van der Waals surface area contributed by atoms with Crippen LogP contribution in [0.3, 0.4) is 0 Å². The molecule has 90 valence electrons. The summed E-state index contributed by atoms with van der Waals surface area (Å²) in [4.78, 5) is 24.5. The summed E-state index contributed by atoms with van der Waals surface area (Å²) in [5.41, 5.74) is -0.692.